The Morgan fingerprint density at radius 3 is 2.72 bits per heavy atom. The summed E-state index contributed by atoms with van der Waals surface area (Å²) in [5, 5.41) is 10.8. The lowest BCUT2D eigenvalue weighted by atomic mass is 9.68. The summed E-state index contributed by atoms with van der Waals surface area (Å²) >= 11 is 6.46. The Kier molecular flexibility index (Phi) is 9.81. The molecule has 2 aromatic carbocycles. The van der Waals surface area contributed by atoms with Gasteiger partial charge in [0.15, 0.2) is 0 Å². The Labute approximate surface area is 317 Å². The van der Waals surface area contributed by atoms with Crippen molar-refractivity contribution in [2.24, 2.45) is 22.1 Å². The van der Waals surface area contributed by atoms with Crippen molar-refractivity contribution in [3.05, 3.63) is 70.3 Å². The van der Waals surface area contributed by atoms with Gasteiger partial charge in [-0.3, -0.25) is 14.4 Å². The number of methoxy groups -OCH3 is 1. The highest BCUT2D eigenvalue weighted by Gasteiger charge is 2.53. The summed E-state index contributed by atoms with van der Waals surface area (Å²) in [5.41, 5.74) is 2.67. The van der Waals surface area contributed by atoms with Crippen molar-refractivity contribution in [3.8, 4) is 5.75 Å². The van der Waals surface area contributed by atoms with E-state index in [0.29, 0.717) is 43.7 Å². The second kappa shape index (κ2) is 14.1. The average molecular weight is 768 g/mol. The van der Waals surface area contributed by atoms with Gasteiger partial charge >= 0.3 is 6.03 Å². The van der Waals surface area contributed by atoms with Crippen molar-refractivity contribution in [2.75, 3.05) is 64.1 Å². The van der Waals surface area contributed by atoms with E-state index < -0.39 is 33.9 Å². The maximum Gasteiger partial charge on any atom is 0.330 e. The topological polar surface area (TPSA) is 133 Å². The molecule has 4 heterocycles. The van der Waals surface area contributed by atoms with Crippen molar-refractivity contribution in [2.45, 2.75) is 69.0 Å². The van der Waals surface area contributed by atoms with Gasteiger partial charge < -0.3 is 29.1 Å². The lowest BCUT2D eigenvalue weighted by molar-refractivity contribution is -0.198. The van der Waals surface area contributed by atoms with Crippen LogP contribution in [0.5, 0.6) is 5.75 Å². The highest BCUT2D eigenvalue weighted by Crippen LogP contribution is 2.47. The van der Waals surface area contributed by atoms with Crippen LogP contribution < -0.4 is 14.4 Å². The third kappa shape index (κ3) is 7.09. The monoisotopic (exact) mass is 767 g/mol. The van der Waals surface area contributed by atoms with Crippen molar-refractivity contribution < 1.29 is 33.1 Å². The molecule has 4 aliphatic heterocycles. The molecule has 8 rings (SSSR count). The summed E-state index contributed by atoms with van der Waals surface area (Å²) in [6.07, 6.45) is 8.76. The number of nitrogens with one attached hydrogen (secondary N) is 1. The van der Waals surface area contributed by atoms with Gasteiger partial charge in [0, 0.05) is 42.7 Å². The number of ether oxygens (including phenoxy) is 3. The van der Waals surface area contributed by atoms with Crippen molar-refractivity contribution in [1.82, 2.24) is 14.5 Å². The second-order valence-electron chi connectivity index (χ2n) is 16.3. The van der Waals surface area contributed by atoms with Crippen LogP contribution in [0.3, 0.4) is 0 Å². The molecular formula is C39H50ClN5O7S. The minimum Gasteiger partial charge on any atom is -0.490 e. The van der Waals surface area contributed by atoms with E-state index in [-0.39, 0.29) is 41.8 Å². The third-order valence-electron chi connectivity index (χ3n) is 12.3. The van der Waals surface area contributed by atoms with Crippen LogP contribution in [0.4, 0.5) is 10.5 Å². The molecule has 2 aliphatic carbocycles. The second-order valence-corrected chi connectivity index (χ2v) is 18.7. The molecule has 3 amide bonds. The number of halogens is 1. The molecule has 7 atom stereocenters. The number of carbonyl (C=O) groups excluding carboxylic acids is 2. The fraction of sp³-hybridized carbons (Fsp3) is 0.590. The van der Waals surface area contributed by atoms with Gasteiger partial charge in [0.05, 0.1) is 37.2 Å². The molecule has 0 aromatic heterocycles. The lowest BCUT2D eigenvalue weighted by Gasteiger charge is -2.46. The van der Waals surface area contributed by atoms with E-state index in [1.807, 2.05) is 25.1 Å². The fourth-order valence-corrected chi connectivity index (χ4v) is 11.5. The molecule has 6 aliphatic rings. The van der Waals surface area contributed by atoms with E-state index in [2.05, 4.69) is 38.3 Å². The first-order valence-corrected chi connectivity index (χ1v) is 20.9. The van der Waals surface area contributed by atoms with Crippen LogP contribution in [0.25, 0.3) is 0 Å². The number of aliphatic hydroxyl groups excluding tert-OH is 1. The van der Waals surface area contributed by atoms with Gasteiger partial charge in [0.1, 0.15) is 21.3 Å². The molecule has 53 heavy (non-hydrogen) atoms. The van der Waals surface area contributed by atoms with Crippen LogP contribution in [-0.4, -0.2) is 108 Å². The molecule has 2 bridgehead atoms. The Bertz CT molecular complexity index is 1920. The number of aryl methyl sites for hydroxylation is 1. The third-order valence-corrected chi connectivity index (χ3v) is 14.5. The van der Waals surface area contributed by atoms with Crippen LogP contribution in [0.2, 0.25) is 5.02 Å². The van der Waals surface area contributed by atoms with E-state index in [0.717, 1.165) is 49.4 Å². The van der Waals surface area contributed by atoms with Gasteiger partial charge in [-0.2, -0.15) is 0 Å². The Balaban J connectivity index is 1.14. The molecule has 0 radical (unpaired) electrons. The van der Waals surface area contributed by atoms with Crippen LogP contribution in [0.1, 0.15) is 60.5 Å². The minimum absolute atomic E-state index is 0.0123. The maximum absolute atomic E-state index is 14.6. The average Bonchev–Trinajstić information content (AvgIpc) is 3.31. The number of aliphatic hydroxyl groups is 1. The number of hydrogen-bond acceptors (Lipinski definition) is 9. The van der Waals surface area contributed by atoms with E-state index in [9.17, 15) is 18.9 Å². The number of nitrogens with zero attached hydrogens (tertiary/aromatic N) is 4. The summed E-state index contributed by atoms with van der Waals surface area (Å²) in [7, 11) is -0.0540. The number of benzene rings is 2. The van der Waals surface area contributed by atoms with Gasteiger partial charge in [0.25, 0.3) is 5.91 Å². The summed E-state index contributed by atoms with van der Waals surface area (Å²) in [4.78, 5) is 33.1. The SMILES string of the molecule is CO[C@H]1/C=C/C[C@H](C)C[S@@](=O)(NC(=O)N2CC3(C2)CN(C)C(O)O3)=NC(=O)c2ccc3c(c2)N(C[C@@H]2CC[C@H]21)C[C@@]1(CCCc2cc(Cl)ccc21)CO3. The number of rotatable bonds is 2. The number of likely N-dealkylation sites (N-methyl/N-ethyl adjacent to an activating group) is 1. The number of urea groups is 1. The van der Waals surface area contributed by atoms with Crippen LogP contribution in [0.15, 0.2) is 52.9 Å². The predicted octanol–water partition coefficient (Wildman–Crippen LogP) is 4.98. The van der Waals surface area contributed by atoms with Gasteiger partial charge in [-0.1, -0.05) is 36.7 Å². The number of amides is 3. The largest absolute Gasteiger partial charge is 0.490 e. The number of allylic oxidation sites excluding steroid dienone is 1. The highest BCUT2D eigenvalue weighted by atomic mass is 35.5. The normalized spacial score (nSPS) is 34.5. The van der Waals surface area contributed by atoms with Gasteiger partial charge in [-0.15, -0.1) is 4.36 Å². The first kappa shape index (κ1) is 36.8. The summed E-state index contributed by atoms with van der Waals surface area (Å²) in [6.45, 7) is 4.83. The van der Waals surface area contributed by atoms with E-state index >= 15 is 0 Å². The summed E-state index contributed by atoms with van der Waals surface area (Å²) in [5.74, 6) is 0.565. The lowest BCUT2D eigenvalue weighted by Crippen LogP contribution is -2.67. The molecule has 14 heteroatoms. The number of carbonyl (C=O) groups is 2. The zero-order valence-corrected chi connectivity index (χ0v) is 32.2. The van der Waals surface area contributed by atoms with E-state index in [4.69, 9.17) is 25.8 Å². The van der Waals surface area contributed by atoms with Gasteiger partial charge in [-0.25, -0.2) is 9.00 Å². The van der Waals surface area contributed by atoms with Crippen LogP contribution in [0, 0.1) is 17.8 Å². The zero-order chi connectivity index (χ0) is 37.1. The molecule has 1 saturated carbocycles. The Morgan fingerprint density at radius 1 is 1.15 bits per heavy atom. The molecule has 286 valence electrons. The van der Waals surface area contributed by atoms with Crippen molar-refractivity contribution in [1.29, 1.82) is 0 Å². The molecule has 3 fully saturated rings. The molecule has 2 saturated heterocycles. The first-order chi connectivity index (χ1) is 25.4. The Hall–Kier alpha value is -3.20. The van der Waals surface area contributed by atoms with Crippen molar-refractivity contribution >= 4 is 39.1 Å². The molecule has 2 spiro atoms. The summed E-state index contributed by atoms with van der Waals surface area (Å²) < 4.78 is 40.0. The predicted molar refractivity (Wildman–Crippen MR) is 202 cm³/mol. The molecule has 1 unspecified atom stereocenters. The molecule has 2 N–H and O–H groups in total. The number of likely N-dealkylation sites (tertiary alicyclic amines) is 1. The molecule has 12 nitrogen and oxygen atoms in total. The zero-order valence-electron chi connectivity index (χ0n) is 30.7. The molecular weight excluding hydrogens is 718 g/mol. The maximum atomic E-state index is 14.6. The van der Waals surface area contributed by atoms with Crippen LogP contribution in [-0.2, 0) is 31.2 Å². The fourth-order valence-electron chi connectivity index (χ4n) is 9.42. The van der Waals surface area contributed by atoms with E-state index in [1.165, 1.54) is 16.0 Å². The number of anilines is 1. The minimum atomic E-state index is -3.56. The van der Waals surface area contributed by atoms with Gasteiger partial charge in [0.2, 0.25) is 6.41 Å². The smallest absolute Gasteiger partial charge is 0.330 e. The van der Waals surface area contributed by atoms with Crippen molar-refractivity contribution in [3.63, 3.8) is 0 Å². The Morgan fingerprint density at radius 2 is 1.98 bits per heavy atom. The quantitative estimate of drug-likeness (QED) is 0.407. The van der Waals surface area contributed by atoms with E-state index in [1.54, 1.807) is 25.1 Å². The number of fused-ring (bicyclic) bond motifs is 4. The highest BCUT2D eigenvalue weighted by molar-refractivity contribution is 7.92. The van der Waals surface area contributed by atoms with Crippen LogP contribution >= 0.6 is 11.6 Å². The van der Waals surface area contributed by atoms with Gasteiger partial charge in [-0.05, 0) is 105 Å². The first-order valence-electron chi connectivity index (χ1n) is 18.8. The molecule has 2 aromatic rings. The standard InChI is InChI=1S/C39H50ClN5O7S/c1-25-6-4-8-33(50-3)30-12-9-28(30)18-44-20-38(15-5-7-26-16-29(40)11-13-31(26)38)24-51-34-14-10-27(17-32(34)44)35(46)41-53(49,19-25)42-36(47)45-22-39(23-45)21-43(2)37(48)52-39/h4,8,10-11,13-14,16-17,25,28,30,33,37,48H,5-7,9,12,15,18-24H2,1-3H3,(H,41,42,46,47,49)/b8-4+/t25-,28-,30+,33-,37?,38-,53-/m0/s1. The summed E-state index contributed by atoms with van der Waals surface area (Å²) in [6, 6.07) is 11.0. The number of hydrogen-bond donors (Lipinski definition) is 2.